The van der Waals surface area contributed by atoms with E-state index in [1.807, 2.05) is 20.8 Å². The number of ether oxygens (including phenoxy) is 1. The Balaban J connectivity index is 2.87. The molecule has 0 bridgehead atoms. The third-order valence-electron chi connectivity index (χ3n) is 4.15. The maximum atomic E-state index is 12.7. The van der Waals surface area contributed by atoms with Crippen LogP contribution in [0.2, 0.25) is 18.1 Å². The molecule has 1 rings (SSSR count). The smallest absolute Gasteiger partial charge is 0.255 e. The number of hydrogen-bond donors (Lipinski definition) is 1. The Kier molecular flexibility index (Phi) is 7.06. The molecule has 0 unspecified atom stereocenters. The van der Waals surface area contributed by atoms with Gasteiger partial charge in [0.2, 0.25) is 0 Å². The minimum absolute atomic E-state index is 0.00697. The number of amides is 1. The van der Waals surface area contributed by atoms with E-state index in [1.54, 1.807) is 12.4 Å². The zero-order valence-electron chi connectivity index (χ0n) is 16.1. The topological polar surface area (TPSA) is 73.3 Å². The summed E-state index contributed by atoms with van der Waals surface area (Å²) in [5.41, 5.74) is 0.796. The number of aromatic nitrogens is 2. The molecule has 0 saturated carbocycles. The predicted octanol–water partition coefficient (Wildman–Crippen LogP) is 3.54. The van der Waals surface area contributed by atoms with Crippen LogP contribution >= 0.6 is 0 Å². The second kappa shape index (κ2) is 8.18. The fourth-order valence-electron chi connectivity index (χ4n) is 1.64. The molecule has 1 aromatic heterocycles. The van der Waals surface area contributed by atoms with Crippen LogP contribution in [0.4, 0.5) is 5.82 Å². The first-order valence-electron chi connectivity index (χ1n) is 8.31. The Morgan fingerprint density at radius 2 is 1.88 bits per heavy atom. The van der Waals surface area contributed by atoms with E-state index in [1.165, 1.54) is 0 Å². The summed E-state index contributed by atoms with van der Waals surface area (Å²) in [6.45, 7) is 16.6. The largest absolute Gasteiger partial charge is 0.403 e. The summed E-state index contributed by atoms with van der Waals surface area (Å²) in [6.07, 6.45) is 2.52. The van der Waals surface area contributed by atoms with Crippen LogP contribution in [-0.4, -0.2) is 43.0 Å². The highest BCUT2D eigenvalue weighted by Crippen LogP contribution is 2.37. The maximum Gasteiger partial charge on any atom is 0.255 e. The fourth-order valence-corrected chi connectivity index (χ4v) is 2.88. The summed E-state index contributed by atoms with van der Waals surface area (Å²) in [6, 6.07) is 0. The molecular formula is C17H31N3O3Si. The quantitative estimate of drug-likeness (QED) is 0.759. The predicted molar refractivity (Wildman–Crippen MR) is 98.6 cm³/mol. The van der Waals surface area contributed by atoms with Crippen molar-refractivity contribution >= 4 is 20.0 Å². The van der Waals surface area contributed by atoms with Crippen molar-refractivity contribution in [3.8, 4) is 0 Å². The van der Waals surface area contributed by atoms with Gasteiger partial charge in [-0.15, -0.1) is 0 Å². The van der Waals surface area contributed by atoms with Gasteiger partial charge in [-0.2, -0.15) is 0 Å². The highest BCUT2D eigenvalue weighted by atomic mass is 28.4. The summed E-state index contributed by atoms with van der Waals surface area (Å²) >= 11 is 0. The zero-order chi connectivity index (χ0) is 18.5. The van der Waals surface area contributed by atoms with E-state index < -0.39 is 14.4 Å². The van der Waals surface area contributed by atoms with Crippen molar-refractivity contribution in [3.63, 3.8) is 0 Å². The molecule has 0 fully saturated rings. The molecule has 1 N–H and O–H groups in total. The standard InChI is InChI=1S/C17H31N3O3Si/c1-12(2)22-11-14(23-24(7,8)17(4,5)6)16(21)20-15-10-18-13(3)9-19-15/h9-10,12,14H,11H2,1-8H3,(H,19,20,21)/t14-/m0/s1. The van der Waals surface area contributed by atoms with Gasteiger partial charge in [0.25, 0.3) is 5.91 Å². The number of anilines is 1. The van der Waals surface area contributed by atoms with Crippen molar-refractivity contribution < 1.29 is 14.0 Å². The van der Waals surface area contributed by atoms with Crippen molar-refractivity contribution in [1.82, 2.24) is 9.97 Å². The Labute approximate surface area is 146 Å². The lowest BCUT2D eigenvalue weighted by atomic mass is 10.2. The van der Waals surface area contributed by atoms with Gasteiger partial charge in [0.15, 0.2) is 14.1 Å². The van der Waals surface area contributed by atoms with Crippen LogP contribution in [0.5, 0.6) is 0 Å². The van der Waals surface area contributed by atoms with Gasteiger partial charge in [-0.1, -0.05) is 20.8 Å². The van der Waals surface area contributed by atoms with Crippen LogP contribution in [0.25, 0.3) is 0 Å². The lowest BCUT2D eigenvalue weighted by molar-refractivity contribution is -0.127. The van der Waals surface area contributed by atoms with E-state index in [0.717, 1.165) is 5.69 Å². The molecule has 136 valence electrons. The molecule has 1 amide bonds. The van der Waals surface area contributed by atoms with Gasteiger partial charge < -0.3 is 14.5 Å². The number of carbonyl (C=O) groups is 1. The van der Waals surface area contributed by atoms with E-state index >= 15 is 0 Å². The summed E-state index contributed by atoms with van der Waals surface area (Å²) in [5, 5.41) is 2.78. The average molecular weight is 354 g/mol. The first kappa shape index (κ1) is 20.7. The van der Waals surface area contributed by atoms with Crippen molar-refractivity contribution in [2.75, 3.05) is 11.9 Å². The summed E-state index contributed by atoms with van der Waals surface area (Å²) in [7, 11) is -2.11. The number of nitrogens with one attached hydrogen (secondary N) is 1. The second-order valence-corrected chi connectivity index (χ2v) is 12.5. The monoisotopic (exact) mass is 353 g/mol. The van der Waals surface area contributed by atoms with Crippen molar-refractivity contribution in [3.05, 3.63) is 18.1 Å². The maximum absolute atomic E-state index is 12.7. The SMILES string of the molecule is Cc1cnc(NC(=O)[C@H](COC(C)C)O[Si](C)(C)C(C)(C)C)cn1. The molecule has 0 aliphatic carbocycles. The van der Waals surface area contributed by atoms with Gasteiger partial charge in [0.05, 0.1) is 30.8 Å². The molecule has 1 aromatic rings. The van der Waals surface area contributed by atoms with Crippen LogP contribution in [0.1, 0.15) is 40.3 Å². The molecule has 1 atom stereocenters. The second-order valence-electron chi connectivity index (χ2n) is 7.78. The number of rotatable bonds is 7. The van der Waals surface area contributed by atoms with Crippen LogP contribution in [-0.2, 0) is 14.0 Å². The molecule has 0 aliphatic heterocycles. The summed E-state index contributed by atoms with van der Waals surface area (Å²) in [5.74, 6) is 0.164. The molecule has 24 heavy (non-hydrogen) atoms. The van der Waals surface area contributed by atoms with Gasteiger partial charge in [-0.05, 0) is 38.9 Å². The van der Waals surface area contributed by atoms with Crippen molar-refractivity contribution in [1.29, 1.82) is 0 Å². The number of aryl methyl sites for hydroxylation is 1. The van der Waals surface area contributed by atoms with E-state index in [0.29, 0.717) is 5.82 Å². The van der Waals surface area contributed by atoms with Crippen LogP contribution in [0.3, 0.4) is 0 Å². The highest BCUT2D eigenvalue weighted by Gasteiger charge is 2.41. The molecule has 0 saturated heterocycles. The number of nitrogens with zero attached hydrogens (tertiary/aromatic N) is 2. The van der Waals surface area contributed by atoms with Crippen LogP contribution in [0, 0.1) is 6.92 Å². The molecule has 0 radical (unpaired) electrons. The van der Waals surface area contributed by atoms with Crippen molar-refractivity contribution in [2.45, 2.75) is 71.9 Å². The van der Waals surface area contributed by atoms with Gasteiger partial charge in [0, 0.05) is 0 Å². The lowest BCUT2D eigenvalue weighted by Crippen LogP contribution is -2.49. The first-order chi connectivity index (χ1) is 10.9. The Hall–Kier alpha value is -1.31. The van der Waals surface area contributed by atoms with Gasteiger partial charge in [0.1, 0.15) is 6.10 Å². The van der Waals surface area contributed by atoms with E-state index in [2.05, 4.69) is 49.1 Å². The molecule has 1 heterocycles. The van der Waals surface area contributed by atoms with Gasteiger partial charge in [-0.25, -0.2) is 4.98 Å². The molecule has 6 nitrogen and oxygen atoms in total. The van der Waals surface area contributed by atoms with E-state index in [9.17, 15) is 4.79 Å². The molecule has 7 heteroatoms. The normalized spacial score (nSPS) is 13.9. The first-order valence-corrected chi connectivity index (χ1v) is 11.2. The molecular weight excluding hydrogens is 322 g/mol. The third-order valence-corrected chi connectivity index (χ3v) is 8.63. The number of hydrogen-bond acceptors (Lipinski definition) is 5. The zero-order valence-corrected chi connectivity index (χ0v) is 17.1. The fraction of sp³-hybridized carbons (Fsp3) is 0.706. The Morgan fingerprint density at radius 3 is 2.33 bits per heavy atom. The lowest BCUT2D eigenvalue weighted by Gasteiger charge is -2.38. The average Bonchev–Trinajstić information content (AvgIpc) is 2.44. The summed E-state index contributed by atoms with van der Waals surface area (Å²) < 4.78 is 11.9. The van der Waals surface area contributed by atoms with Crippen LogP contribution < -0.4 is 5.32 Å². The van der Waals surface area contributed by atoms with Crippen LogP contribution in [0.15, 0.2) is 12.4 Å². The molecule has 0 aliphatic rings. The summed E-state index contributed by atoms with van der Waals surface area (Å²) in [4.78, 5) is 21.0. The van der Waals surface area contributed by atoms with E-state index in [4.69, 9.17) is 9.16 Å². The Morgan fingerprint density at radius 1 is 1.25 bits per heavy atom. The minimum atomic E-state index is -2.11. The number of carbonyl (C=O) groups excluding carboxylic acids is 1. The highest BCUT2D eigenvalue weighted by molar-refractivity contribution is 6.74. The third kappa shape index (κ3) is 6.30. The molecule has 0 spiro atoms. The van der Waals surface area contributed by atoms with Gasteiger partial charge >= 0.3 is 0 Å². The van der Waals surface area contributed by atoms with Crippen molar-refractivity contribution in [2.24, 2.45) is 0 Å². The Bertz CT molecular complexity index is 539. The van der Waals surface area contributed by atoms with Gasteiger partial charge in [-0.3, -0.25) is 9.78 Å². The van der Waals surface area contributed by atoms with E-state index in [-0.39, 0.29) is 23.7 Å². The molecule has 0 aromatic carbocycles. The minimum Gasteiger partial charge on any atom is -0.403 e.